The summed E-state index contributed by atoms with van der Waals surface area (Å²) in [5.74, 6) is 0.534. The number of anilines is 1. The maximum absolute atomic E-state index is 6.09. The monoisotopic (exact) mass is 288 g/mol. The van der Waals surface area contributed by atoms with Crippen LogP contribution in [0.3, 0.4) is 0 Å². The fraction of sp³-hybridized carbons (Fsp3) is 0.538. The molecule has 5 heteroatoms. The Balaban J connectivity index is 2.01. The lowest BCUT2D eigenvalue weighted by Crippen LogP contribution is -2.40. The van der Waals surface area contributed by atoms with Gasteiger partial charge in [-0.25, -0.2) is 0 Å². The van der Waals surface area contributed by atoms with Crippen LogP contribution in [0.5, 0.6) is 5.75 Å². The summed E-state index contributed by atoms with van der Waals surface area (Å²) in [6, 6.07) is 3.75. The Morgan fingerprint density at radius 3 is 2.61 bits per heavy atom. The summed E-state index contributed by atoms with van der Waals surface area (Å²) in [6.45, 7) is 1.73. The highest BCUT2D eigenvalue weighted by Crippen LogP contribution is 2.35. The lowest BCUT2D eigenvalue weighted by Gasteiger charge is -2.32. The molecule has 1 fully saturated rings. The second kappa shape index (κ2) is 6.00. The molecule has 0 bridgehead atoms. The van der Waals surface area contributed by atoms with Crippen LogP contribution in [-0.2, 0) is 0 Å². The molecular formula is C13H18Cl2N2O. The van der Waals surface area contributed by atoms with Crippen molar-refractivity contribution in [2.24, 2.45) is 0 Å². The summed E-state index contributed by atoms with van der Waals surface area (Å²) < 4.78 is 5.77. The maximum atomic E-state index is 6.09. The first-order chi connectivity index (χ1) is 8.58. The maximum Gasteiger partial charge on any atom is 0.156 e. The Labute approximate surface area is 118 Å². The Morgan fingerprint density at radius 2 is 2.00 bits per heavy atom. The van der Waals surface area contributed by atoms with Crippen LogP contribution < -0.4 is 10.5 Å². The minimum absolute atomic E-state index is 0.434. The Morgan fingerprint density at radius 1 is 1.33 bits per heavy atom. The number of nitrogens with zero attached hydrogens (tertiary/aromatic N) is 1. The molecule has 0 aromatic heterocycles. The van der Waals surface area contributed by atoms with Gasteiger partial charge in [0, 0.05) is 11.7 Å². The van der Waals surface area contributed by atoms with E-state index in [2.05, 4.69) is 11.9 Å². The smallest absolute Gasteiger partial charge is 0.156 e. The van der Waals surface area contributed by atoms with Crippen molar-refractivity contribution in [2.45, 2.75) is 25.3 Å². The van der Waals surface area contributed by atoms with E-state index in [-0.39, 0.29) is 0 Å². The van der Waals surface area contributed by atoms with Crippen molar-refractivity contribution in [3.8, 4) is 5.75 Å². The summed E-state index contributed by atoms with van der Waals surface area (Å²) in [7, 11) is 2.12. The van der Waals surface area contributed by atoms with E-state index in [1.165, 1.54) is 12.8 Å². The molecule has 0 aliphatic carbocycles. The van der Waals surface area contributed by atoms with Gasteiger partial charge in [0.2, 0.25) is 0 Å². The number of piperidine rings is 1. The van der Waals surface area contributed by atoms with Gasteiger partial charge in [0.25, 0.3) is 0 Å². The molecule has 100 valence electrons. The van der Waals surface area contributed by atoms with Crippen molar-refractivity contribution < 1.29 is 4.74 Å². The standard InChI is InChI=1S/C13H18Cl2N2O/c1-17-5-3-2-4-10(17)8-18-13-11(14)6-9(16)7-12(13)15/h6-7,10H,2-5,8,16H2,1H3. The van der Waals surface area contributed by atoms with Gasteiger partial charge in [0.1, 0.15) is 6.61 Å². The fourth-order valence-corrected chi connectivity index (χ4v) is 2.86. The summed E-state index contributed by atoms with van der Waals surface area (Å²) in [5.41, 5.74) is 6.20. The van der Waals surface area contributed by atoms with Crippen LogP contribution in [0.4, 0.5) is 5.69 Å². The van der Waals surface area contributed by atoms with Crippen LogP contribution in [0.2, 0.25) is 10.0 Å². The van der Waals surface area contributed by atoms with Crippen LogP contribution in [0.15, 0.2) is 12.1 Å². The van der Waals surface area contributed by atoms with Crippen molar-refractivity contribution in [1.82, 2.24) is 4.90 Å². The number of benzene rings is 1. The molecule has 2 rings (SSSR count). The lowest BCUT2D eigenvalue weighted by atomic mass is 10.0. The largest absolute Gasteiger partial charge is 0.489 e. The topological polar surface area (TPSA) is 38.5 Å². The first-order valence-corrected chi connectivity index (χ1v) is 6.91. The molecule has 1 unspecified atom stereocenters. The molecule has 2 N–H and O–H groups in total. The first kappa shape index (κ1) is 13.8. The second-order valence-corrected chi connectivity index (χ2v) is 5.57. The normalized spacial score (nSPS) is 20.9. The zero-order valence-corrected chi connectivity index (χ0v) is 12.0. The van der Waals surface area contributed by atoms with Gasteiger partial charge in [-0.15, -0.1) is 0 Å². The van der Waals surface area contributed by atoms with E-state index in [4.69, 9.17) is 33.7 Å². The number of hydrogen-bond donors (Lipinski definition) is 1. The number of nitrogen functional groups attached to an aromatic ring is 1. The highest BCUT2D eigenvalue weighted by Gasteiger charge is 2.20. The third-order valence-electron chi connectivity index (χ3n) is 3.36. The predicted octanol–water partition coefficient (Wildman–Crippen LogP) is 3.44. The zero-order valence-electron chi connectivity index (χ0n) is 10.5. The fourth-order valence-electron chi connectivity index (χ4n) is 2.25. The van der Waals surface area contributed by atoms with Crippen LogP contribution in [-0.4, -0.2) is 31.1 Å². The first-order valence-electron chi connectivity index (χ1n) is 6.15. The van der Waals surface area contributed by atoms with Crippen molar-refractivity contribution in [2.75, 3.05) is 25.9 Å². The number of ether oxygens (including phenoxy) is 1. The van der Waals surface area contributed by atoms with Gasteiger partial charge in [-0.2, -0.15) is 0 Å². The molecule has 1 saturated heterocycles. The van der Waals surface area contributed by atoms with Gasteiger partial charge in [0.15, 0.2) is 5.75 Å². The quantitative estimate of drug-likeness (QED) is 0.866. The summed E-state index contributed by atoms with van der Waals surface area (Å²) >= 11 is 12.2. The van der Waals surface area contributed by atoms with Crippen LogP contribution >= 0.6 is 23.2 Å². The molecule has 1 aliphatic rings. The van der Waals surface area contributed by atoms with Gasteiger partial charge in [-0.05, 0) is 38.6 Å². The lowest BCUT2D eigenvalue weighted by molar-refractivity contribution is 0.125. The van der Waals surface area contributed by atoms with E-state index in [0.717, 1.165) is 13.0 Å². The Kier molecular flexibility index (Phi) is 4.60. The van der Waals surface area contributed by atoms with E-state index in [1.54, 1.807) is 12.1 Å². The molecule has 1 atom stereocenters. The van der Waals surface area contributed by atoms with Gasteiger partial charge < -0.3 is 15.4 Å². The van der Waals surface area contributed by atoms with Crippen LogP contribution in [0.25, 0.3) is 0 Å². The number of nitrogens with two attached hydrogens (primary N) is 1. The number of halogens is 2. The molecule has 0 spiro atoms. The van der Waals surface area contributed by atoms with E-state index in [0.29, 0.717) is 34.1 Å². The highest BCUT2D eigenvalue weighted by atomic mass is 35.5. The molecule has 18 heavy (non-hydrogen) atoms. The second-order valence-electron chi connectivity index (χ2n) is 4.75. The molecule has 3 nitrogen and oxygen atoms in total. The van der Waals surface area contributed by atoms with Crippen molar-refractivity contribution >= 4 is 28.9 Å². The minimum atomic E-state index is 0.434. The van der Waals surface area contributed by atoms with E-state index >= 15 is 0 Å². The van der Waals surface area contributed by atoms with Gasteiger partial charge in [-0.3, -0.25) is 0 Å². The van der Waals surface area contributed by atoms with E-state index in [1.807, 2.05) is 0 Å². The molecule has 1 heterocycles. The number of hydrogen-bond acceptors (Lipinski definition) is 3. The molecule has 1 aromatic rings. The molecule has 1 aliphatic heterocycles. The zero-order chi connectivity index (χ0) is 13.1. The van der Waals surface area contributed by atoms with Gasteiger partial charge >= 0.3 is 0 Å². The molecular weight excluding hydrogens is 271 g/mol. The molecule has 0 saturated carbocycles. The summed E-state index contributed by atoms with van der Waals surface area (Å²) in [5, 5.41) is 0.942. The van der Waals surface area contributed by atoms with E-state index in [9.17, 15) is 0 Å². The summed E-state index contributed by atoms with van der Waals surface area (Å²) in [6.07, 6.45) is 3.67. The van der Waals surface area contributed by atoms with Crippen molar-refractivity contribution in [3.05, 3.63) is 22.2 Å². The highest BCUT2D eigenvalue weighted by molar-refractivity contribution is 6.37. The number of likely N-dealkylation sites (tertiary alicyclic amines) is 1. The van der Waals surface area contributed by atoms with Crippen molar-refractivity contribution in [1.29, 1.82) is 0 Å². The third kappa shape index (κ3) is 3.22. The molecule has 0 radical (unpaired) electrons. The van der Waals surface area contributed by atoms with Crippen LogP contribution in [0, 0.1) is 0 Å². The predicted molar refractivity (Wildman–Crippen MR) is 76.6 cm³/mol. The van der Waals surface area contributed by atoms with Crippen LogP contribution in [0.1, 0.15) is 19.3 Å². The van der Waals surface area contributed by atoms with E-state index < -0.39 is 0 Å². The Bertz CT molecular complexity index is 402. The van der Waals surface area contributed by atoms with Gasteiger partial charge in [-0.1, -0.05) is 29.6 Å². The Hall–Kier alpha value is -0.640. The number of likely N-dealkylation sites (N-methyl/N-ethyl adjacent to an activating group) is 1. The van der Waals surface area contributed by atoms with Gasteiger partial charge in [0.05, 0.1) is 10.0 Å². The number of rotatable bonds is 3. The molecule has 0 amide bonds. The SMILES string of the molecule is CN1CCCCC1COc1c(Cl)cc(N)cc1Cl. The molecule has 1 aromatic carbocycles. The average molecular weight is 289 g/mol. The third-order valence-corrected chi connectivity index (χ3v) is 3.92. The average Bonchev–Trinajstić information content (AvgIpc) is 2.30. The summed E-state index contributed by atoms with van der Waals surface area (Å²) in [4.78, 5) is 2.32. The van der Waals surface area contributed by atoms with Crippen molar-refractivity contribution in [3.63, 3.8) is 0 Å². The minimum Gasteiger partial charge on any atom is -0.489 e.